The molecule has 90 valence electrons. The minimum Gasteiger partial charge on any atom is -0.508 e. The quantitative estimate of drug-likeness (QED) is 0.526. The van der Waals surface area contributed by atoms with E-state index in [0.717, 1.165) is 4.43 Å². The Balaban J connectivity index is 2.48. The Hall–Kier alpha value is -2.56. The smallest absolute Gasteiger partial charge is 0.306 e. The molecule has 1 heterocycles. The van der Waals surface area contributed by atoms with Gasteiger partial charge < -0.3 is 14.3 Å². The van der Waals surface area contributed by atoms with Crippen molar-refractivity contribution in [3.8, 4) is 11.5 Å². The Morgan fingerprint density at radius 2 is 1.78 bits per heavy atom. The van der Waals surface area contributed by atoms with E-state index in [2.05, 4.69) is 0 Å². The van der Waals surface area contributed by atoms with Crippen LogP contribution in [0.5, 0.6) is 11.5 Å². The van der Waals surface area contributed by atoms with Crippen LogP contribution < -0.4 is 9.16 Å². The van der Waals surface area contributed by atoms with Crippen LogP contribution in [0.1, 0.15) is 0 Å². The Morgan fingerprint density at radius 1 is 1.11 bits per heavy atom. The fourth-order valence-corrected chi connectivity index (χ4v) is 1.87. The van der Waals surface area contributed by atoms with Crippen LogP contribution in [0.2, 0.25) is 0 Å². The molecule has 0 radical (unpaired) electrons. The Bertz CT molecular complexity index is 807. The molecule has 3 rings (SSSR count). The molecule has 18 heavy (non-hydrogen) atoms. The van der Waals surface area contributed by atoms with Crippen molar-refractivity contribution in [2.24, 2.45) is 0 Å². The Labute approximate surface area is 101 Å². The fourth-order valence-electron chi connectivity index (χ4n) is 1.87. The van der Waals surface area contributed by atoms with Crippen LogP contribution in [-0.2, 0) is 0 Å². The van der Waals surface area contributed by atoms with Gasteiger partial charge in [0.15, 0.2) is 0 Å². The molecule has 1 aromatic heterocycles. The summed E-state index contributed by atoms with van der Waals surface area (Å²) in [5.41, 5.74) is 1.51. The van der Waals surface area contributed by atoms with E-state index in [1.54, 1.807) is 25.3 Å². The number of aromatic nitrogens is 1. The molecule has 0 unspecified atom stereocenters. The summed E-state index contributed by atoms with van der Waals surface area (Å²) in [5, 5.41) is 9.40. The fraction of sp³-hybridized carbons (Fsp3) is 0.0769. The summed E-state index contributed by atoms with van der Waals surface area (Å²) in [7, 11) is 1.54. The Kier molecular flexibility index (Phi) is 2.19. The van der Waals surface area contributed by atoms with Crippen molar-refractivity contribution in [3.63, 3.8) is 0 Å². The number of hydrogen-bond donors (Lipinski definition) is 1. The Morgan fingerprint density at radius 3 is 2.50 bits per heavy atom. The van der Waals surface area contributed by atoms with Gasteiger partial charge in [0.1, 0.15) is 11.5 Å². The topological polar surface area (TPSA) is 65.6 Å². The van der Waals surface area contributed by atoms with Gasteiger partial charge in [0.25, 0.3) is 0 Å². The first-order chi connectivity index (χ1) is 8.69. The van der Waals surface area contributed by atoms with Gasteiger partial charge in [0.2, 0.25) is 11.2 Å². The van der Waals surface area contributed by atoms with Gasteiger partial charge in [-0.05, 0) is 12.1 Å². The molecule has 3 aromatic rings. The number of phenols is 1. The second kappa shape index (κ2) is 3.73. The molecule has 5 nitrogen and oxygen atoms in total. The summed E-state index contributed by atoms with van der Waals surface area (Å²) >= 11 is 0. The lowest BCUT2D eigenvalue weighted by Crippen LogP contribution is -2.15. The normalized spacial score (nSPS) is 10.9. The number of phenolic OH excluding ortho intramolecular Hbond substituents is 1. The third kappa shape index (κ3) is 1.48. The number of rotatable bonds is 1. The van der Waals surface area contributed by atoms with E-state index in [-0.39, 0.29) is 5.75 Å². The highest BCUT2D eigenvalue weighted by molar-refractivity contribution is 5.79. The van der Waals surface area contributed by atoms with Gasteiger partial charge in [-0.3, -0.25) is 0 Å². The monoisotopic (exact) mass is 244 g/mol. The summed E-state index contributed by atoms with van der Waals surface area (Å²) in [6.45, 7) is 0. The van der Waals surface area contributed by atoms with Crippen LogP contribution in [-0.4, -0.2) is 12.2 Å². The molecular weight excluding hydrogens is 234 g/mol. The van der Waals surface area contributed by atoms with E-state index in [9.17, 15) is 10.0 Å². The number of ether oxygens (including phenoxy) is 1. The van der Waals surface area contributed by atoms with E-state index in [4.69, 9.17) is 9.15 Å². The molecule has 0 fully saturated rings. The highest BCUT2D eigenvalue weighted by Crippen LogP contribution is 2.23. The van der Waals surface area contributed by atoms with Crippen molar-refractivity contribution >= 4 is 22.2 Å². The van der Waals surface area contributed by atoms with Gasteiger partial charge in [0.05, 0.1) is 11.5 Å². The molecule has 0 spiro atoms. The number of nitrogens with zero attached hydrogens (tertiary/aromatic N) is 1. The molecule has 0 saturated carbocycles. The van der Waals surface area contributed by atoms with Gasteiger partial charge in [-0.15, -0.1) is 0 Å². The van der Waals surface area contributed by atoms with Crippen molar-refractivity contribution in [2.45, 2.75) is 0 Å². The van der Waals surface area contributed by atoms with Crippen molar-refractivity contribution in [1.82, 2.24) is 0 Å². The average molecular weight is 244 g/mol. The molecule has 0 aliphatic rings. The first-order valence-electron chi connectivity index (χ1n) is 5.35. The predicted octanol–water partition coefficient (Wildman–Crippen LogP) is 2.21. The number of hydrogen-bond acceptors (Lipinski definition) is 4. The number of methoxy groups -OCH3 is 1. The van der Waals surface area contributed by atoms with Gasteiger partial charge in [-0.25, -0.2) is 0 Å². The lowest BCUT2D eigenvalue weighted by molar-refractivity contribution is -0.433. The molecule has 5 heteroatoms. The molecule has 0 atom stereocenters. The summed E-state index contributed by atoms with van der Waals surface area (Å²) in [4.78, 5) is 12.1. The van der Waals surface area contributed by atoms with Crippen LogP contribution in [0.4, 0.5) is 0 Å². The van der Waals surface area contributed by atoms with Crippen LogP contribution in [0, 0.1) is 4.91 Å². The molecule has 1 N–H and O–H groups in total. The minimum absolute atomic E-state index is 0.0495. The predicted molar refractivity (Wildman–Crippen MR) is 65.3 cm³/mol. The van der Waals surface area contributed by atoms with Gasteiger partial charge in [0, 0.05) is 29.2 Å². The molecule has 0 saturated heterocycles. The zero-order chi connectivity index (χ0) is 12.7. The third-order valence-electron chi connectivity index (χ3n) is 2.77. The third-order valence-corrected chi connectivity index (χ3v) is 2.77. The van der Waals surface area contributed by atoms with Crippen LogP contribution in [0.3, 0.4) is 0 Å². The molecule has 0 aliphatic heterocycles. The lowest BCUT2D eigenvalue weighted by atomic mass is 10.2. The summed E-state index contributed by atoms with van der Waals surface area (Å²) in [5.74, 6) is 0.652. The number of benzene rings is 2. The van der Waals surface area contributed by atoms with E-state index in [1.807, 2.05) is 0 Å². The maximum absolute atomic E-state index is 12.1. The SMILES string of the molecule is COc1ccc2c(c1)oc1cc(O)ccc1[n+]2=O. The van der Waals surface area contributed by atoms with Crippen LogP contribution >= 0.6 is 0 Å². The van der Waals surface area contributed by atoms with Crippen LogP contribution in [0.25, 0.3) is 22.2 Å². The molecule has 0 amide bonds. The van der Waals surface area contributed by atoms with E-state index >= 15 is 0 Å². The molecular formula is C13H10NO4+. The highest BCUT2D eigenvalue weighted by Gasteiger charge is 2.16. The zero-order valence-corrected chi connectivity index (χ0v) is 9.58. The first kappa shape index (κ1) is 10.6. The van der Waals surface area contributed by atoms with E-state index in [0.29, 0.717) is 27.9 Å². The maximum atomic E-state index is 12.1. The van der Waals surface area contributed by atoms with Crippen LogP contribution in [0.15, 0.2) is 40.8 Å². The second-order valence-electron chi connectivity index (χ2n) is 3.88. The van der Waals surface area contributed by atoms with E-state index in [1.165, 1.54) is 18.2 Å². The van der Waals surface area contributed by atoms with Gasteiger partial charge in [-0.2, -0.15) is 0 Å². The van der Waals surface area contributed by atoms with E-state index < -0.39 is 0 Å². The second-order valence-corrected chi connectivity index (χ2v) is 3.88. The first-order valence-corrected chi connectivity index (χ1v) is 5.35. The zero-order valence-electron chi connectivity index (χ0n) is 9.58. The van der Waals surface area contributed by atoms with Gasteiger partial charge >= 0.3 is 11.0 Å². The van der Waals surface area contributed by atoms with Crippen molar-refractivity contribution < 1.29 is 18.7 Å². The highest BCUT2D eigenvalue weighted by atomic mass is 16.5. The standard InChI is InChI=1S/C13H9NO4/c1-17-9-3-5-11-13(7-9)18-12-6-8(15)2-4-10(12)14(11)16/h2-7H,1H3/p+1. The van der Waals surface area contributed by atoms with Crippen molar-refractivity contribution in [3.05, 3.63) is 41.3 Å². The summed E-state index contributed by atoms with van der Waals surface area (Å²) in [6.07, 6.45) is 0. The number of fused-ring (bicyclic) bond motifs is 2. The lowest BCUT2D eigenvalue weighted by Gasteiger charge is -1.99. The van der Waals surface area contributed by atoms with Crippen molar-refractivity contribution in [1.29, 1.82) is 0 Å². The maximum Gasteiger partial charge on any atom is 0.306 e. The van der Waals surface area contributed by atoms with Gasteiger partial charge in [-0.1, -0.05) is 0 Å². The largest absolute Gasteiger partial charge is 0.508 e. The number of aromatic hydroxyl groups is 1. The molecule has 0 aliphatic carbocycles. The molecule has 2 aromatic carbocycles. The molecule has 0 bridgehead atoms. The summed E-state index contributed by atoms with van der Waals surface area (Å²) in [6, 6.07) is 9.33. The average Bonchev–Trinajstić information content (AvgIpc) is 2.38. The summed E-state index contributed by atoms with van der Waals surface area (Å²) < 4.78 is 11.4. The van der Waals surface area contributed by atoms with Crippen molar-refractivity contribution in [2.75, 3.05) is 7.11 Å². The minimum atomic E-state index is 0.0495.